The second-order valence-corrected chi connectivity index (χ2v) is 5.33. The molecule has 0 aliphatic rings. The summed E-state index contributed by atoms with van der Waals surface area (Å²) in [6.07, 6.45) is 3.28. The number of nitrogens with one attached hydrogen (secondary N) is 1. The molecule has 7 heteroatoms. The Balaban J connectivity index is 2.02. The number of nitrogens with zero attached hydrogens (tertiary/aromatic N) is 3. The number of carbonyl (C=O) groups is 1. The Morgan fingerprint density at radius 2 is 2.37 bits per heavy atom. The first kappa shape index (κ1) is 13.7. The minimum atomic E-state index is -0.250. The number of hydrogen-bond donors (Lipinski definition) is 2. The highest BCUT2D eigenvalue weighted by Crippen LogP contribution is 2.21. The molecule has 0 bridgehead atoms. The Hall–Kier alpha value is -1.73. The second kappa shape index (κ2) is 5.94. The molecule has 2 aromatic heterocycles. The third-order valence-electron chi connectivity index (χ3n) is 2.59. The van der Waals surface area contributed by atoms with Crippen LogP contribution in [0.15, 0.2) is 17.9 Å². The second-order valence-electron chi connectivity index (χ2n) is 4.47. The van der Waals surface area contributed by atoms with Crippen molar-refractivity contribution in [3.63, 3.8) is 0 Å². The third kappa shape index (κ3) is 3.39. The number of thiazole rings is 1. The number of aromatic nitrogens is 3. The zero-order valence-electron chi connectivity index (χ0n) is 11.0. The van der Waals surface area contributed by atoms with E-state index in [1.54, 1.807) is 17.1 Å². The average Bonchev–Trinajstić information content (AvgIpc) is 2.98. The van der Waals surface area contributed by atoms with Gasteiger partial charge in [0.25, 0.3) is 5.91 Å². The van der Waals surface area contributed by atoms with Crippen molar-refractivity contribution in [1.82, 2.24) is 14.5 Å². The van der Waals surface area contributed by atoms with Crippen LogP contribution in [0.3, 0.4) is 0 Å². The van der Waals surface area contributed by atoms with Crippen LogP contribution in [-0.4, -0.2) is 27.0 Å². The first-order valence-corrected chi connectivity index (χ1v) is 6.96. The van der Waals surface area contributed by atoms with Gasteiger partial charge in [-0.25, -0.2) is 9.97 Å². The number of carbonyl (C=O) groups excluding carboxylic acids is 1. The van der Waals surface area contributed by atoms with Crippen molar-refractivity contribution in [2.24, 2.45) is 5.73 Å². The number of imidazole rings is 1. The maximum Gasteiger partial charge on any atom is 0.277 e. The highest BCUT2D eigenvalue weighted by molar-refractivity contribution is 7.14. The van der Waals surface area contributed by atoms with Crippen LogP contribution in [0.25, 0.3) is 0 Å². The van der Waals surface area contributed by atoms with Gasteiger partial charge in [0.2, 0.25) is 0 Å². The van der Waals surface area contributed by atoms with Gasteiger partial charge < -0.3 is 10.3 Å². The van der Waals surface area contributed by atoms with Crippen LogP contribution in [0.5, 0.6) is 0 Å². The van der Waals surface area contributed by atoms with E-state index in [0.29, 0.717) is 29.8 Å². The Kier molecular flexibility index (Phi) is 4.28. The maximum absolute atomic E-state index is 12.0. The highest BCUT2D eigenvalue weighted by Gasteiger charge is 2.12. The molecule has 0 saturated heterocycles. The van der Waals surface area contributed by atoms with Gasteiger partial charge in [-0.05, 0) is 5.92 Å². The summed E-state index contributed by atoms with van der Waals surface area (Å²) in [5.74, 6) is 0.103. The van der Waals surface area contributed by atoms with E-state index in [-0.39, 0.29) is 5.91 Å². The number of amides is 1. The normalized spacial score (nSPS) is 10.9. The van der Waals surface area contributed by atoms with E-state index >= 15 is 0 Å². The van der Waals surface area contributed by atoms with Crippen LogP contribution in [0.1, 0.15) is 35.9 Å². The Morgan fingerprint density at radius 1 is 1.58 bits per heavy atom. The summed E-state index contributed by atoms with van der Waals surface area (Å²) in [7, 11) is 0. The molecule has 1 amide bonds. The zero-order chi connectivity index (χ0) is 13.8. The smallest absolute Gasteiger partial charge is 0.277 e. The molecule has 0 fully saturated rings. The van der Waals surface area contributed by atoms with Gasteiger partial charge in [-0.1, -0.05) is 13.8 Å². The standard InChI is InChI=1S/C12H17N5OS/c1-8(2)10-6-19-12(15-10)16-11(18)9-5-17(4-3-13)7-14-9/h5-8H,3-4,13H2,1-2H3,(H,15,16,18). The van der Waals surface area contributed by atoms with Gasteiger partial charge in [0, 0.05) is 24.7 Å². The molecule has 19 heavy (non-hydrogen) atoms. The summed E-state index contributed by atoms with van der Waals surface area (Å²) >= 11 is 1.42. The summed E-state index contributed by atoms with van der Waals surface area (Å²) in [5.41, 5.74) is 6.79. The lowest BCUT2D eigenvalue weighted by Gasteiger charge is -1.99. The SMILES string of the molecule is CC(C)c1csc(NC(=O)c2cn(CCN)cn2)n1. The van der Waals surface area contributed by atoms with Crippen LogP contribution in [0.4, 0.5) is 5.13 Å². The summed E-state index contributed by atoms with van der Waals surface area (Å²) in [6.45, 7) is 5.29. The van der Waals surface area contributed by atoms with Gasteiger partial charge in [-0.2, -0.15) is 0 Å². The molecular weight excluding hydrogens is 262 g/mol. The van der Waals surface area contributed by atoms with Crippen molar-refractivity contribution >= 4 is 22.4 Å². The number of rotatable bonds is 5. The van der Waals surface area contributed by atoms with Crippen molar-refractivity contribution in [2.75, 3.05) is 11.9 Å². The molecule has 0 aliphatic carbocycles. The molecule has 2 rings (SSSR count). The zero-order valence-corrected chi connectivity index (χ0v) is 11.8. The number of hydrogen-bond acceptors (Lipinski definition) is 5. The predicted octanol–water partition coefficient (Wildman–Crippen LogP) is 1.67. The van der Waals surface area contributed by atoms with E-state index in [9.17, 15) is 4.79 Å². The van der Waals surface area contributed by atoms with E-state index < -0.39 is 0 Å². The van der Waals surface area contributed by atoms with Gasteiger partial charge in [0.05, 0.1) is 12.0 Å². The predicted molar refractivity (Wildman–Crippen MR) is 75.4 cm³/mol. The molecule has 2 heterocycles. The van der Waals surface area contributed by atoms with E-state index in [0.717, 1.165) is 5.69 Å². The minimum Gasteiger partial charge on any atom is -0.335 e. The van der Waals surface area contributed by atoms with Crippen molar-refractivity contribution in [3.05, 3.63) is 29.3 Å². The molecule has 0 unspecified atom stereocenters. The summed E-state index contributed by atoms with van der Waals surface area (Å²) in [6, 6.07) is 0. The van der Waals surface area contributed by atoms with Crippen molar-refractivity contribution in [1.29, 1.82) is 0 Å². The van der Waals surface area contributed by atoms with Gasteiger partial charge >= 0.3 is 0 Å². The Morgan fingerprint density at radius 3 is 3.00 bits per heavy atom. The monoisotopic (exact) mass is 279 g/mol. The molecule has 0 atom stereocenters. The molecule has 6 nitrogen and oxygen atoms in total. The average molecular weight is 279 g/mol. The van der Waals surface area contributed by atoms with Gasteiger partial charge in [-0.15, -0.1) is 11.3 Å². The van der Waals surface area contributed by atoms with Crippen LogP contribution in [0.2, 0.25) is 0 Å². The Bertz CT molecular complexity index is 560. The topological polar surface area (TPSA) is 85.8 Å². The van der Waals surface area contributed by atoms with Crippen LogP contribution in [0, 0.1) is 0 Å². The molecule has 2 aromatic rings. The fourth-order valence-electron chi connectivity index (χ4n) is 1.52. The number of anilines is 1. The first-order chi connectivity index (χ1) is 9.10. The van der Waals surface area contributed by atoms with Crippen molar-refractivity contribution < 1.29 is 4.79 Å². The third-order valence-corrected chi connectivity index (χ3v) is 3.36. The molecule has 0 spiro atoms. The van der Waals surface area contributed by atoms with Crippen molar-refractivity contribution in [2.45, 2.75) is 26.3 Å². The quantitative estimate of drug-likeness (QED) is 0.871. The maximum atomic E-state index is 12.0. The molecular formula is C12H17N5OS. The lowest BCUT2D eigenvalue weighted by atomic mass is 10.2. The van der Waals surface area contributed by atoms with Gasteiger partial charge in [-0.3, -0.25) is 10.1 Å². The van der Waals surface area contributed by atoms with Gasteiger partial charge in [0.1, 0.15) is 5.69 Å². The largest absolute Gasteiger partial charge is 0.335 e. The van der Waals surface area contributed by atoms with Crippen LogP contribution in [-0.2, 0) is 6.54 Å². The fraction of sp³-hybridized carbons (Fsp3) is 0.417. The fourth-order valence-corrected chi connectivity index (χ4v) is 2.39. The summed E-state index contributed by atoms with van der Waals surface area (Å²) < 4.78 is 1.79. The highest BCUT2D eigenvalue weighted by atomic mass is 32.1. The Labute approximate surface area is 115 Å². The molecule has 0 saturated carbocycles. The summed E-state index contributed by atoms with van der Waals surface area (Å²) in [5, 5.41) is 5.30. The molecule has 0 aromatic carbocycles. The van der Waals surface area contributed by atoms with Crippen LogP contribution < -0.4 is 11.1 Å². The molecule has 0 radical (unpaired) electrons. The van der Waals surface area contributed by atoms with Crippen molar-refractivity contribution in [3.8, 4) is 0 Å². The molecule has 3 N–H and O–H groups in total. The van der Waals surface area contributed by atoms with Gasteiger partial charge in [0.15, 0.2) is 5.13 Å². The lowest BCUT2D eigenvalue weighted by Crippen LogP contribution is -2.12. The lowest BCUT2D eigenvalue weighted by molar-refractivity contribution is 0.102. The minimum absolute atomic E-state index is 0.250. The van der Waals surface area contributed by atoms with E-state index in [4.69, 9.17) is 5.73 Å². The van der Waals surface area contributed by atoms with E-state index in [2.05, 4.69) is 29.1 Å². The summed E-state index contributed by atoms with van der Waals surface area (Å²) in [4.78, 5) is 20.4. The van der Waals surface area contributed by atoms with Crippen LogP contribution >= 0.6 is 11.3 Å². The number of nitrogens with two attached hydrogens (primary N) is 1. The molecule has 102 valence electrons. The molecule has 0 aliphatic heterocycles. The van der Waals surface area contributed by atoms with E-state index in [1.807, 2.05) is 5.38 Å². The first-order valence-electron chi connectivity index (χ1n) is 6.08. The van der Waals surface area contributed by atoms with E-state index in [1.165, 1.54) is 11.3 Å².